The Morgan fingerprint density at radius 1 is 1.25 bits per heavy atom. The largest absolute Gasteiger partial charge is 0.368 e. The monoisotopic (exact) mass is 278 g/mol. The van der Waals surface area contributed by atoms with Crippen LogP contribution in [0.2, 0.25) is 0 Å². The number of carbonyl (C=O) groups excluding carboxylic acids is 1. The van der Waals surface area contributed by atoms with Gasteiger partial charge in [-0.2, -0.15) is 0 Å². The summed E-state index contributed by atoms with van der Waals surface area (Å²) in [5.41, 5.74) is 0.856. The third-order valence-corrected chi connectivity index (χ3v) is 3.39. The summed E-state index contributed by atoms with van der Waals surface area (Å²) in [7, 11) is 0. The summed E-state index contributed by atoms with van der Waals surface area (Å²) in [4.78, 5) is 27.2. The molecule has 1 aromatic heterocycles. The number of anilines is 1. The molecule has 1 rings (SSSR count). The van der Waals surface area contributed by atoms with Crippen LogP contribution in [0.15, 0.2) is 10.9 Å². The number of pyridine rings is 1. The molecule has 0 bridgehead atoms. The minimum atomic E-state index is -0.192. The molecule has 0 aromatic carbocycles. The van der Waals surface area contributed by atoms with Crippen LogP contribution in [-0.2, 0) is 0 Å². The molecule has 0 amide bonds. The molecule has 0 saturated carbocycles. The molecule has 20 heavy (non-hydrogen) atoms. The van der Waals surface area contributed by atoms with Crippen LogP contribution in [0.1, 0.15) is 68.9 Å². The number of ketones is 1. The van der Waals surface area contributed by atoms with Gasteiger partial charge in [0.05, 0.1) is 0 Å². The van der Waals surface area contributed by atoms with Gasteiger partial charge in [-0.25, -0.2) is 0 Å². The summed E-state index contributed by atoms with van der Waals surface area (Å²) < 4.78 is 0. The first-order valence-electron chi connectivity index (χ1n) is 7.57. The molecule has 0 unspecified atom stereocenters. The Bertz CT molecular complexity index is 500. The van der Waals surface area contributed by atoms with E-state index in [1.807, 2.05) is 6.92 Å². The van der Waals surface area contributed by atoms with Gasteiger partial charge in [0.1, 0.15) is 11.4 Å². The Labute approximate surface area is 121 Å². The maximum Gasteiger partial charge on any atom is 0.194 e. The van der Waals surface area contributed by atoms with E-state index < -0.39 is 0 Å². The van der Waals surface area contributed by atoms with E-state index in [0.717, 1.165) is 31.4 Å². The van der Waals surface area contributed by atoms with Crippen molar-refractivity contribution in [2.45, 2.75) is 65.8 Å². The molecule has 1 heterocycles. The standard InChI is InChI=1S/C16H26N2O2/c1-5-8-12(9-6-2)18-16-15(13(19)7-3)14(20)10-11(4)17-16/h10,12H,5-9H2,1-4H3,(H2,17,18,20). The second-order valence-electron chi connectivity index (χ2n) is 5.26. The average Bonchev–Trinajstić information content (AvgIpc) is 2.38. The maximum atomic E-state index is 12.1. The first-order valence-corrected chi connectivity index (χ1v) is 7.57. The predicted octanol–water partition coefficient (Wildman–Crippen LogP) is 3.66. The second kappa shape index (κ2) is 7.88. The van der Waals surface area contributed by atoms with E-state index in [9.17, 15) is 9.59 Å². The SMILES string of the molecule is CCCC(CCC)Nc1[nH]c(C)cc(=O)c1C(=O)CC. The fraction of sp³-hybridized carbons (Fsp3) is 0.625. The molecule has 0 atom stereocenters. The van der Waals surface area contributed by atoms with E-state index in [1.54, 1.807) is 6.92 Å². The average molecular weight is 278 g/mol. The molecular formula is C16H26N2O2. The Kier molecular flexibility index (Phi) is 6.49. The molecule has 0 fully saturated rings. The van der Waals surface area contributed by atoms with Crippen molar-refractivity contribution < 1.29 is 4.79 Å². The number of rotatable bonds is 8. The van der Waals surface area contributed by atoms with Crippen molar-refractivity contribution in [3.8, 4) is 0 Å². The Hall–Kier alpha value is -1.58. The molecule has 0 aliphatic rings. The number of aromatic nitrogens is 1. The number of aromatic amines is 1. The summed E-state index contributed by atoms with van der Waals surface area (Å²) in [5, 5.41) is 3.37. The van der Waals surface area contributed by atoms with Gasteiger partial charge in [-0.05, 0) is 19.8 Å². The summed E-state index contributed by atoms with van der Waals surface area (Å²) in [5.74, 6) is 0.481. The van der Waals surface area contributed by atoms with Gasteiger partial charge in [0, 0.05) is 24.2 Å². The van der Waals surface area contributed by atoms with Crippen molar-refractivity contribution in [3.63, 3.8) is 0 Å². The van der Waals surface area contributed by atoms with Crippen LogP contribution < -0.4 is 10.7 Å². The zero-order valence-electron chi connectivity index (χ0n) is 13.0. The first-order chi connectivity index (χ1) is 9.53. The maximum absolute atomic E-state index is 12.1. The molecule has 0 aliphatic carbocycles. The highest BCUT2D eigenvalue weighted by molar-refractivity contribution is 6.00. The molecule has 1 aromatic rings. The lowest BCUT2D eigenvalue weighted by atomic mass is 10.0. The highest BCUT2D eigenvalue weighted by atomic mass is 16.1. The molecule has 112 valence electrons. The zero-order valence-corrected chi connectivity index (χ0v) is 13.0. The zero-order chi connectivity index (χ0) is 15.1. The fourth-order valence-electron chi connectivity index (χ4n) is 2.44. The first kappa shape index (κ1) is 16.5. The molecule has 0 aliphatic heterocycles. The van der Waals surface area contributed by atoms with E-state index in [0.29, 0.717) is 18.3 Å². The number of carbonyl (C=O) groups is 1. The Morgan fingerprint density at radius 3 is 2.35 bits per heavy atom. The van der Waals surface area contributed by atoms with Crippen molar-refractivity contribution in [2.24, 2.45) is 0 Å². The van der Waals surface area contributed by atoms with E-state index in [4.69, 9.17) is 0 Å². The van der Waals surface area contributed by atoms with Gasteiger partial charge in [0.25, 0.3) is 0 Å². The third kappa shape index (κ3) is 4.22. The summed E-state index contributed by atoms with van der Waals surface area (Å²) in [6.45, 7) is 7.89. The molecule has 4 nitrogen and oxygen atoms in total. The van der Waals surface area contributed by atoms with Gasteiger partial charge in [0.2, 0.25) is 0 Å². The van der Waals surface area contributed by atoms with Gasteiger partial charge >= 0.3 is 0 Å². The van der Waals surface area contributed by atoms with E-state index in [-0.39, 0.29) is 16.8 Å². The smallest absolute Gasteiger partial charge is 0.194 e. The van der Waals surface area contributed by atoms with E-state index in [2.05, 4.69) is 24.1 Å². The molecule has 4 heteroatoms. The van der Waals surface area contributed by atoms with Crippen molar-refractivity contribution in [3.05, 3.63) is 27.5 Å². The lowest BCUT2D eigenvalue weighted by Crippen LogP contribution is -2.25. The summed E-state index contributed by atoms with van der Waals surface area (Å²) in [6.07, 6.45) is 4.55. The van der Waals surface area contributed by atoms with Crippen LogP contribution in [0.4, 0.5) is 5.82 Å². The van der Waals surface area contributed by atoms with Crippen molar-refractivity contribution in [2.75, 3.05) is 5.32 Å². The van der Waals surface area contributed by atoms with Crippen molar-refractivity contribution in [1.29, 1.82) is 0 Å². The molecule has 2 N–H and O–H groups in total. The van der Waals surface area contributed by atoms with Gasteiger partial charge in [-0.3, -0.25) is 9.59 Å². The number of hydrogen-bond acceptors (Lipinski definition) is 3. The molecule has 0 radical (unpaired) electrons. The number of H-pyrrole nitrogens is 1. The highest BCUT2D eigenvalue weighted by Crippen LogP contribution is 2.16. The van der Waals surface area contributed by atoms with E-state index >= 15 is 0 Å². The predicted molar refractivity (Wildman–Crippen MR) is 83.6 cm³/mol. The summed E-state index contributed by atoms with van der Waals surface area (Å²) >= 11 is 0. The normalized spacial score (nSPS) is 10.8. The van der Waals surface area contributed by atoms with Crippen LogP contribution in [0, 0.1) is 6.92 Å². The van der Waals surface area contributed by atoms with Crippen LogP contribution in [-0.4, -0.2) is 16.8 Å². The number of aryl methyl sites for hydroxylation is 1. The quantitative estimate of drug-likeness (QED) is 0.713. The summed E-state index contributed by atoms with van der Waals surface area (Å²) in [6, 6.07) is 1.79. The minimum Gasteiger partial charge on any atom is -0.368 e. The Balaban J connectivity index is 3.14. The third-order valence-electron chi connectivity index (χ3n) is 3.39. The number of Topliss-reactive ketones (excluding diaryl/α,β-unsaturated/α-hetero) is 1. The van der Waals surface area contributed by atoms with Crippen LogP contribution in [0.25, 0.3) is 0 Å². The van der Waals surface area contributed by atoms with Crippen LogP contribution in [0.5, 0.6) is 0 Å². The lowest BCUT2D eigenvalue weighted by molar-refractivity contribution is 0.0987. The Morgan fingerprint density at radius 2 is 1.85 bits per heavy atom. The van der Waals surface area contributed by atoms with Gasteiger partial charge in [-0.1, -0.05) is 33.6 Å². The minimum absolute atomic E-state index is 0.111. The van der Waals surface area contributed by atoms with Gasteiger partial charge < -0.3 is 10.3 Å². The van der Waals surface area contributed by atoms with Crippen molar-refractivity contribution >= 4 is 11.6 Å². The fourth-order valence-corrected chi connectivity index (χ4v) is 2.44. The van der Waals surface area contributed by atoms with Crippen LogP contribution >= 0.6 is 0 Å². The van der Waals surface area contributed by atoms with Gasteiger partial charge in [-0.15, -0.1) is 0 Å². The second-order valence-corrected chi connectivity index (χ2v) is 5.26. The highest BCUT2D eigenvalue weighted by Gasteiger charge is 2.17. The van der Waals surface area contributed by atoms with E-state index in [1.165, 1.54) is 6.07 Å². The topological polar surface area (TPSA) is 62.0 Å². The molecule has 0 spiro atoms. The number of nitrogens with one attached hydrogen (secondary N) is 2. The number of hydrogen-bond donors (Lipinski definition) is 2. The molecule has 0 saturated heterocycles. The van der Waals surface area contributed by atoms with Crippen LogP contribution in [0.3, 0.4) is 0 Å². The lowest BCUT2D eigenvalue weighted by Gasteiger charge is -2.20. The molecular weight excluding hydrogens is 252 g/mol. The van der Waals surface area contributed by atoms with Gasteiger partial charge in [0.15, 0.2) is 11.2 Å². The van der Waals surface area contributed by atoms with Crippen molar-refractivity contribution in [1.82, 2.24) is 4.98 Å².